The minimum absolute atomic E-state index is 0. The molecular formula is C14H22ClNO4. The normalized spacial score (nSPS) is 17.1. The molecule has 0 aliphatic carbocycles. The summed E-state index contributed by atoms with van der Waals surface area (Å²) in [5, 5.41) is 9.65. The highest BCUT2D eigenvalue weighted by molar-refractivity contribution is 5.85. The highest BCUT2D eigenvalue weighted by Gasteiger charge is 2.27. The zero-order valence-corrected chi connectivity index (χ0v) is 12.6. The highest BCUT2D eigenvalue weighted by atomic mass is 35.5. The number of rotatable bonds is 4. The predicted octanol–water partition coefficient (Wildman–Crippen LogP) is 2.26. The molecule has 1 aromatic rings. The number of benzene rings is 1. The Morgan fingerprint density at radius 3 is 2.15 bits per heavy atom. The van der Waals surface area contributed by atoms with E-state index in [0.29, 0.717) is 17.4 Å². The SMILES string of the molecule is COc1cc(O)cc(OC)c1[C@@H](N)C1CCOCC1.Cl. The Labute approximate surface area is 125 Å². The van der Waals surface area contributed by atoms with Gasteiger partial charge in [0.15, 0.2) is 0 Å². The van der Waals surface area contributed by atoms with Crippen LogP contribution >= 0.6 is 12.4 Å². The van der Waals surface area contributed by atoms with Crippen LogP contribution < -0.4 is 15.2 Å². The number of halogens is 1. The van der Waals surface area contributed by atoms with Crippen molar-refractivity contribution in [3.05, 3.63) is 17.7 Å². The van der Waals surface area contributed by atoms with Gasteiger partial charge in [0.1, 0.15) is 17.2 Å². The molecular weight excluding hydrogens is 282 g/mol. The second-order valence-corrected chi connectivity index (χ2v) is 4.74. The summed E-state index contributed by atoms with van der Waals surface area (Å²) in [6.07, 6.45) is 1.85. The van der Waals surface area contributed by atoms with Crippen LogP contribution in [0.25, 0.3) is 0 Å². The third-order valence-corrected chi connectivity index (χ3v) is 3.64. The van der Waals surface area contributed by atoms with Crippen LogP contribution in [0.3, 0.4) is 0 Å². The van der Waals surface area contributed by atoms with E-state index in [1.807, 2.05) is 0 Å². The fraction of sp³-hybridized carbons (Fsp3) is 0.571. The Bertz CT molecular complexity index is 410. The van der Waals surface area contributed by atoms with E-state index in [0.717, 1.165) is 31.6 Å². The second-order valence-electron chi connectivity index (χ2n) is 4.74. The van der Waals surface area contributed by atoms with Gasteiger partial charge in [-0.25, -0.2) is 0 Å². The molecule has 1 aliphatic heterocycles. The van der Waals surface area contributed by atoms with E-state index in [1.54, 1.807) is 26.4 Å². The molecule has 1 atom stereocenters. The van der Waals surface area contributed by atoms with Crippen molar-refractivity contribution >= 4 is 12.4 Å². The van der Waals surface area contributed by atoms with E-state index >= 15 is 0 Å². The van der Waals surface area contributed by atoms with Crippen LogP contribution in [0.2, 0.25) is 0 Å². The van der Waals surface area contributed by atoms with E-state index in [1.165, 1.54) is 0 Å². The van der Waals surface area contributed by atoms with E-state index in [4.69, 9.17) is 19.9 Å². The van der Waals surface area contributed by atoms with Crippen molar-refractivity contribution in [2.24, 2.45) is 11.7 Å². The van der Waals surface area contributed by atoms with E-state index < -0.39 is 0 Å². The molecule has 0 aromatic heterocycles. The summed E-state index contributed by atoms with van der Waals surface area (Å²) in [5.74, 6) is 1.57. The number of hydrogen-bond donors (Lipinski definition) is 2. The van der Waals surface area contributed by atoms with Crippen molar-refractivity contribution in [3.8, 4) is 17.2 Å². The molecule has 6 heteroatoms. The third kappa shape index (κ3) is 3.48. The molecule has 1 aliphatic rings. The van der Waals surface area contributed by atoms with Gasteiger partial charge in [-0.1, -0.05) is 0 Å². The molecule has 0 radical (unpaired) electrons. The van der Waals surface area contributed by atoms with Crippen molar-refractivity contribution in [1.29, 1.82) is 0 Å². The maximum Gasteiger partial charge on any atom is 0.131 e. The molecule has 1 heterocycles. The van der Waals surface area contributed by atoms with Gasteiger partial charge in [0.05, 0.1) is 19.8 Å². The lowest BCUT2D eigenvalue weighted by Crippen LogP contribution is -2.28. The van der Waals surface area contributed by atoms with Gasteiger partial charge >= 0.3 is 0 Å². The van der Waals surface area contributed by atoms with Crippen LogP contribution in [0, 0.1) is 5.92 Å². The lowest BCUT2D eigenvalue weighted by Gasteiger charge is -2.29. The monoisotopic (exact) mass is 303 g/mol. The minimum Gasteiger partial charge on any atom is -0.508 e. The van der Waals surface area contributed by atoms with Gasteiger partial charge in [-0.05, 0) is 18.8 Å². The Morgan fingerprint density at radius 1 is 1.20 bits per heavy atom. The quantitative estimate of drug-likeness (QED) is 0.892. The van der Waals surface area contributed by atoms with Crippen LogP contribution in [0.4, 0.5) is 0 Å². The molecule has 0 amide bonds. The Kier molecular flexibility index (Phi) is 6.39. The number of methoxy groups -OCH3 is 2. The van der Waals surface area contributed by atoms with Gasteiger partial charge in [-0.2, -0.15) is 0 Å². The Morgan fingerprint density at radius 2 is 1.70 bits per heavy atom. The maximum atomic E-state index is 9.65. The van der Waals surface area contributed by atoms with Crippen LogP contribution in [0.15, 0.2) is 12.1 Å². The first kappa shape index (κ1) is 16.9. The standard InChI is InChI=1S/C14H21NO4.ClH/c1-17-11-7-10(16)8-12(18-2)13(11)14(15)9-3-5-19-6-4-9;/h7-9,14,16H,3-6,15H2,1-2H3;1H/t14-;/m0./s1. The number of ether oxygens (including phenoxy) is 3. The minimum atomic E-state index is -0.186. The lowest BCUT2D eigenvalue weighted by atomic mass is 9.87. The van der Waals surface area contributed by atoms with E-state index in [9.17, 15) is 5.11 Å². The molecule has 1 fully saturated rings. The Balaban J connectivity index is 0.00000200. The molecule has 20 heavy (non-hydrogen) atoms. The van der Waals surface area contributed by atoms with Crippen LogP contribution in [-0.4, -0.2) is 32.5 Å². The molecule has 114 valence electrons. The van der Waals surface area contributed by atoms with Crippen LogP contribution in [0.1, 0.15) is 24.4 Å². The lowest BCUT2D eigenvalue weighted by molar-refractivity contribution is 0.0578. The van der Waals surface area contributed by atoms with Crippen molar-refractivity contribution in [2.45, 2.75) is 18.9 Å². The molecule has 0 spiro atoms. The average Bonchev–Trinajstić information content (AvgIpc) is 2.46. The van der Waals surface area contributed by atoms with Gasteiger partial charge in [-0.3, -0.25) is 0 Å². The van der Waals surface area contributed by atoms with Gasteiger partial charge < -0.3 is 25.1 Å². The van der Waals surface area contributed by atoms with Crippen molar-refractivity contribution in [2.75, 3.05) is 27.4 Å². The summed E-state index contributed by atoms with van der Waals surface area (Å²) in [5.41, 5.74) is 7.19. The predicted molar refractivity (Wildman–Crippen MR) is 78.9 cm³/mol. The largest absolute Gasteiger partial charge is 0.508 e. The zero-order valence-electron chi connectivity index (χ0n) is 11.8. The third-order valence-electron chi connectivity index (χ3n) is 3.64. The molecule has 3 N–H and O–H groups in total. The summed E-state index contributed by atoms with van der Waals surface area (Å²) in [7, 11) is 3.13. The highest BCUT2D eigenvalue weighted by Crippen LogP contribution is 2.41. The zero-order chi connectivity index (χ0) is 13.8. The summed E-state index contributed by atoms with van der Waals surface area (Å²) in [6.45, 7) is 1.47. The summed E-state index contributed by atoms with van der Waals surface area (Å²) >= 11 is 0. The number of hydrogen-bond acceptors (Lipinski definition) is 5. The molecule has 1 saturated heterocycles. The van der Waals surface area contributed by atoms with Crippen molar-refractivity contribution in [1.82, 2.24) is 0 Å². The van der Waals surface area contributed by atoms with E-state index in [-0.39, 0.29) is 24.2 Å². The first-order valence-corrected chi connectivity index (χ1v) is 6.45. The summed E-state index contributed by atoms with van der Waals surface area (Å²) in [4.78, 5) is 0. The number of phenolic OH excluding ortho intramolecular Hbond substituents is 1. The van der Waals surface area contributed by atoms with Gasteiger partial charge in [-0.15, -0.1) is 12.4 Å². The molecule has 0 bridgehead atoms. The Hall–Kier alpha value is -1.17. The summed E-state index contributed by atoms with van der Waals surface area (Å²) in [6, 6.07) is 2.95. The van der Waals surface area contributed by atoms with Crippen molar-refractivity contribution in [3.63, 3.8) is 0 Å². The molecule has 0 unspecified atom stereocenters. The topological polar surface area (TPSA) is 73.9 Å². The first-order chi connectivity index (χ1) is 9.17. The van der Waals surface area contributed by atoms with Crippen LogP contribution in [0.5, 0.6) is 17.2 Å². The van der Waals surface area contributed by atoms with E-state index in [2.05, 4.69) is 0 Å². The fourth-order valence-electron chi connectivity index (χ4n) is 2.56. The maximum absolute atomic E-state index is 9.65. The average molecular weight is 304 g/mol. The molecule has 0 saturated carbocycles. The fourth-order valence-corrected chi connectivity index (χ4v) is 2.56. The van der Waals surface area contributed by atoms with Gasteiger partial charge in [0, 0.05) is 31.4 Å². The number of phenols is 1. The summed E-state index contributed by atoms with van der Waals surface area (Å²) < 4.78 is 16.0. The first-order valence-electron chi connectivity index (χ1n) is 6.45. The number of aromatic hydroxyl groups is 1. The van der Waals surface area contributed by atoms with Crippen LogP contribution in [-0.2, 0) is 4.74 Å². The smallest absolute Gasteiger partial charge is 0.131 e. The van der Waals surface area contributed by atoms with Gasteiger partial charge in [0.2, 0.25) is 0 Å². The molecule has 1 aromatic carbocycles. The number of nitrogens with two attached hydrogens (primary N) is 1. The molecule has 5 nitrogen and oxygen atoms in total. The van der Waals surface area contributed by atoms with Crippen molar-refractivity contribution < 1.29 is 19.3 Å². The molecule has 2 rings (SSSR count). The second kappa shape index (κ2) is 7.57. The van der Waals surface area contributed by atoms with Gasteiger partial charge in [0.25, 0.3) is 0 Å².